The highest BCUT2D eigenvalue weighted by Crippen LogP contribution is 2.27. The van der Waals surface area contributed by atoms with Gasteiger partial charge < -0.3 is 9.64 Å². The van der Waals surface area contributed by atoms with Crippen LogP contribution >= 0.6 is 0 Å². The van der Waals surface area contributed by atoms with Crippen LogP contribution in [0.2, 0.25) is 0 Å². The molecule has 0 fully saturated rings. The molecule has 0 aliphatic heterocycles. The molecule has 0 atom stereocenters. The molecule has 0 bridgehead atoms. The predicted octanol–water partition coefficient (Wildman–Crippen LogP) is 4.47. The first-order valence-electron chi connectivity index (χ1n) is 6.89. The summed E-state index contributed by atoms with van der Waals surface area (Å²) in [5.41, 5.74) is 1.27. The molecule has 2 rings (SSSR count). The first-order valence-corrected chi connectivity index (χ1v) is 6.89. The Hall–Kier alpha value is -1.70. The molecule has 19 heavy (non-hydrogen) atoms. The summed E-state index contributed by atoms with van der Waals surface area (Å²) in [6.07, 6.45) is 0. The number of rotatable bonds is 4. The summed E-state index contributed by atoms with van der Waals surface area (Å²) in [6.45, 7) is 8.93. The maximum atomic E-state index is 5.30. The largest absolute Gasteiger partial charge is 0.497 e. The second-order valence-corrected chi connectivity index (χ2v) is 5.49. The molecule has 2 nitrogen and oxygen atoms in total. The first-order chi connectivity index (χ1) is 9.02. The van der Waals surface area contributed by atoms with Gasteiger partial charge in [-0.05, 0) is 62.7 Å². The zero-order chi connectivity index (χ0) is 14.0. The van der Waals surface area contributed by atoms with Crippen molar-refractivity contribution in [2.24, 2.45) is 0 Å². The molecular formula is C17H23NO. The Labute approximate surface area is 116 Å². The summed E-state index contributed by atoms with van der Waals surface area (Å²) in [6, 6.07) is 13.8. The lowest BCUT2D eigenvalue weighted by molar-refractivity contribution is 0.415. The van der Waals surface area contributed by atoms with E-state index in [0.29, 0.717) is 12.1 Å². The third kappa shape index (κ3) is 2.83. The average Bonchev–Trinajstić information content (AvgIpc) is 2.37. The topological polar surface area (TPSA) is 12.5 Å². The van der Waals surface area contributed by atoms with Crippen LogP contribution < -0.4 is 9.64 Å². The average molecular weight is 257 g/mol. The summed E-state index contributed by atoms with van der Waals surface area (Å²) < 4.78 is 5.30. The van der Waals surface area contributed by atoms with Crippen LogP contribution in [0.25, 0.3) is 10.8 Å². The van der Waals surface area contributed by atoms with Crippen molar-refractivity contribution in [2.45, 2.75) is 39.8 Å². The van der Waals surface area contributed by atoms with Gasteiger partial charge in [-0.2, -0.15) is 0 Å². The summed E-state index contributed by atoms with van der Waals surface area (Å²) >= 11 is 0. The fourth-order valence-electron chi connectivity index (χ4n) is 2.69. The SMILES string of the molecule is COc1ccc2ccc(N(C(C)C)C(C)C)cc2c1. The molecule has 0 heterocycles. The summed E-state index contributed by atoms with van der Waals surface area (Å²) in [4.78, 5) is 2.43. The number of ether oxygens (including phenoxy) is 1. The normalized spacial score (nSPS) is 11.3. The molecule has 0 aliphatic rings. The van der Waals surface area contributed by atoms with E-state index in [0.717, 1.165) is 5.75 Å². The molecule has 0 saturated heterocycles. The van der Waals surface area contributed by atoms with Gasteiger partial charge in [0.25, 0.3) is 0 Å². The highest BCUT2D eigenvalue weighted by molar-refractivity contribution is 5.87. The standard InChI is InChI=1S/C17H23NO/c1-12(2)18(13(3)4)16-8-6-14-7-9-17(19-5)11-15(14)10-16/h6-13H,1-5H3. The van der Waals surface area contributed by atoms with Gasteiger partial charge >= 0.3 is 0 Å². The highest BCUT2D eigenvalue weighted by Gasteiger charge is 2.14. The number of hydrogen-bond acceptors (Lipinski definition) is 2. The molecule has 0 aromatic heterocycles. The summed E-state index contributed by atoms with van der Waals surface area (Å²) in [5.74, 6) is 0.908. The molecule has 0 unspecified atom stereocenters. The van der Waals surface area contributed by atoms with Gasteiger partial charge in [0.2, 0.25) is 0 Å². The molecule has 102 valence electrons. The minimum absolute atomic E-state index is 0.489. The Kier molecular flexibility index (Phi) is 3.98. The van der Waals surface area contributed by atoms with E-state index >= 15 is 0 Å². The zero-order valence-corrected chi connectivity index (χ0v) is 12.5. The zero-order valence-electron chi connectivity index (χ0n) is 12.5. The Balaban J connectivity index is 2.49. The molecule has 0 amide bonds. The smallest absolute Gasteiger partial charge is 0.119 e. The van der Waals surface area contributed by atoms with Gasteiger partial charge in [0.1, 0.15) is 5.75 Å². The van der Waals surface area contributed by atoms with Crippen LogP contribution in [-0.2, 0) is 0 Å². The maximum Gasteiger partial charge on any atom is 0.119 e. The van der Waals surface area contributed by atoms with E-state index in [9.17, 15) is 0 Å². The third-order valence-corrected chi connectivity index (χ3v) is 3.44. The van der Waals surface area contributed by atoms with Gasteiger partial charge in [-0.15, -0.1) is 0 Å². The minimum Gasteiger partial charge on any atom is -0.497 e. The van der Waals surface area contributed by atoms with E-state index in [1.165, 1.54) is 16.5 Å². The van der Waals surface area contributed by atoms with E-state index in [-0.39, 0.29) is 0 Å². The fraction of sp³-hybridized carbons (Fsp3) is 0.412. The second kappa shape index (κ2) is 5.52. The number of benzene rings is 2. The molecule has 0 saturated carbocycles. The fourth-order valence-corrected chi connectivity index (χ4v) is 2.69. The van der Waals surface area contributed by atoms with Crippen molar-refractivity contribution in [3.05, 3.63) is 36.4 Å². The molecule has 2 heteroatoms. The number of anilines is 1. The van der Waals surface area contributed by atoms with Crippen molar-refractivity contribution in [2.75, 3.05) is 12.0 Å². The minimum atomic E-state index is 0.489. The Bertz CT molecular complexity index is 552. The second-order valence-electron chi connectivity index (χ2n) is 5.49. The van der Waals surface area contributed by atoms with Crippen molar-refractivity contribution in [1.29, 1.82) is 0 Å². The lowest BCUT2D eigenvalue weighted by atomic mass is 10.1. The number of hydrogen-bond donors (Lipinski definition) is 0. The van der Waals surface area contributed by atoms with Crippen LogP contribution in [0.1, 0.15) is 27.7 Å². The van der Waals surface area contributed by atoms with Gasteiger partial charge in [-0.25, -0.2) is 0 Å². The Morgan fingerprint density at radius 1 is 0.842 bits per heavy atom. The van der Waals surface area contributed by atoms with E-state index in [2.05, 4.69) is 62.9 Å². The molecule has 0 spiro atoms. The third-order valence-electron chi connectivity index (χ3n) is 3.44. The van der Waals surface area contributed by atoms with Crippen LogP contribution in [0.15, 0.2) is 36.4 Å². The van der Waals surface area contributed by atoms with Crippen molar-refractivity contribution in [3.63, 3.8) is 0 Å². The Morgan fingerprint density at radius 2 is 1.47 bits per heavy atom. The van der Waals surface area contributed by atoms with E-state index in [4.69, 9.17) is 4.74 Å². The number of fused-ring (bicyclic) bond motifs is 1. The van der Waals surface area contributed by atoms with Crippen LogP contribution in [-0.4, -0.2) is 19.2 Å². The van der Waals surface area contributed by atoms with Crippen LogP contribution in [0.3, 0.4) is 0 Å². The summed E-state index contributed by atoms with van der Waals surface area (Å²) in [7, 11) is 1.71. The Morgan fingerprint density at radius 3 is 2.05 bits per heavy atom. The van der Waals surface area contributed by atoms with Crippen molar-refractivity contribution in [3.8, 4) is 5.75 Å². The van der Waals surface area contributed by atoms with Gasteiger partial charge in [-0.3, -0.25) is 0 Å². The molecule has 0 aliphatic carbocycles. The van der Waals surface area contributed by atoms with E-state index < -0.39 is 0 Å². The lowest BCUT2D eigenvalue weighted by Gasteiger charge is -2.33. The summed E-state index contributed by atoms with van der Waals surface area (Å²) in [5, 5.41) is 2.47. The van der Waals surface area contributed by atoms with E-state index in [1.54, 1.807) is 7.11 Å². The van der Waals surface area contributed by atoms with Crippen molar-refractivity contribution < 1.29 is 4.74 Å². The van der Waals surface area contributed by atoms with Crippen molar-refractivity contribution >= 4 is 16.5 Å². The van der Waals surface area contributed by atoms with Gasteiger partial charge in [0, 0.05) is 17.8 Å². The highest BCUT2D eigenvalue weighted by atomic mass is 16.5. The molecular weight excluding hydrogens is 234 g/mol. The number of methoxy groups -OCH3 is 1. The molecule has 0 radical (unpaired) electrons. The van der Waals surface area contributed by atoms with Gasteiger partial charge in [0.15, 0.2) is 0 Å². The molecule has 0 N–H and O–H groups in total. The van der Waals surface area contributed by atoms with Gasteiger partial charge in [0.05, 0.1) is 7.11 Å². The van der Waals surface area contributed by atoms with E-state index in [1.807, 2.05) is 6.07 Å². The quantitative estimate of drug-likeness (QED) is 0.801. The van der Waals surface area contributed by atoms with Crippen molar-refractivity contribution in [1.82, 2.24) is 0 Å². The number of nitrogens with zero attached hydrogens (tertiary/aromatic N) is 1. The van der Waals surface area contributed by atoms with Crippen LogP contribution in [0, 0.1) is 0 Å². The predicted molar refractivity (Wildman–Crippen MR) is 83.3 cm³/mol. The van der Waals surface area contributed by atoms with Crippen LogP contribution in [0.4, 0.5) is 5.69 Å². The molecule has 2 aromatic carbocycles. The van der Waals surface area contributed by atoms with Gasteiger partial charge in [-0.1, -0.05) is 12.1 Å². The molecule has 2 aromatic rings. The maximum absolute atomic E-state index is 5.30. The first kappa shape index (κ1) is 13.7. The lowest BCUT2D eigenvalue weighted by Crippen LogP contribution is -2.36. The van der Waals surface area contributed by atoms with Crippen LogP contribution in [0.5, 0.6) is 5.75 Å². The monoisotopic (exact) mass is 257 g/mol.